The van der Waals surface area contributed by atoms with Crippen molar-refractivity contribution in [2.24, 2.45) is 0 Å². The molecular weight excluding hydrogens is 396 g/mol. The molecule has 1 aliphatic heterocycles. The fourth-order valence-corrected chi connectivity index (χ4v) is 4.70. The van der Waals surface area contributed by atoms with Crippen molar-refractivity contribution < 1.29 is 13.2 Å². The molecule has 0 bridgehead atoms. The van der Waals surface area contributed by atoms with Gasteiger partial charge >= 0.3 is 0 Å². The number of hydrogen-bond acceptors (Lipinski definition) is 3. The number of sulfonamides is 1. The Balaban J connectivity index is 1.60. The van der Waals surface area contributed by atoms with Crippen LogP contribution in [0.2, 0.25) is 0 Å². The Bertz CT molecular complexity index is 1190. The molecule has 3 aromatic rings. The van der Waals surface area contributed by atoms with Crippen LogP contribution >= 0.6 is 0 Å². The zero-order valence-electron chi connectivity index (χ0n) is 17.1. The number of carbonyl (C=O) groups is 1. The summed E-state index contributed by atoms with van der Waals surface area (Å²) in [5, 5.41) is 0. The van der Waals surface area contributed by atoms with Gasteiger partial charge in [-0.15, -0.1) is 0 Å². The molecule has 0 saturated heterocycles. The quantitative estimate of drug-likeness (QED) is 0.623. The summed E-state index contributed by atoms with van der Waals surface area (Å²) in [4.78, 5) is 14.8. The molecule has 30 heavy (non-hydrogen) atoms. The van der Waals surface area contributed by atoms with Gasteiger partial charge in [0.1, 0.15) is 0 Å². The van der Waals surface area contributed by atoms with E-state index in [1.165, 1.54) is 16.1 Å². The molecule has 1 heterocycles. The molecule has 0 aliphatic carbocycles. The molecule has 0 spiro atoms. The molecule has 5 nitrogen and oxygen atoms in total. The van der Waals surface area contributed by atoms with Crippen molar-refractivity contribution in [1.29, 1.82) is 0 Å². The van der Waals surface area contributed by atoms with Crippen LogP contribution in [-0.4, -0.2) is 27.1 Å². The van der Waals surface area contributed by atoms with E-state index in [1.54, 1.807) is 29.2 Å². The summed E-state index contributed by atoms with van der Waals surface area (Å²) < 4.78 is 26.3. The molecule has 0 aromatic heterocycles. The molecule has 0 radical (unpaired) electrons. The summed E-state index contributed by atoms with van der Waals surface area (Å²) in [6, 6.07) is 22.5. The molecule has 1 aliphatic rings. The maximum Gasteiger partial charge on any atom is 0.258 e. The average Bonchev–Trinajstić information content (AvgIpc) is 3.16. The lowest BCUT2D eigenvalue weighted by Gasteiger charge is -2.24. The number of fused-ring (bicyclic) bond motifs is 1. The van der Waals surface area contributed by atoms with Gasteiger partial charge < -0.3 is 4.90 Å². The Hall–Kier alpha value is -3.12. The number of anilines is 2. The molecule has 0 atom stereocenters. The van der Waals surface area contributed by atoms with E-state index >= 15 is 0 Å². The minimum absolute atomic E-state index is 0.0729. The van der Waals surface area contributed by atoms with Gasteiger partial charge in [-0.1, -0.05) is 42.5 Å². The predicted octanol–water partition coefficient (Wildman–Crippen LogP) is 4.16. The fraction of sp³-hybridized carbons (Fsp3) is 0.208. The van der Waals surface area contributed by atoms with Gasteiger partial charge in [0.25, 0.3) is 5.91 Å². The Morgan fingerprint density at radius 1 is 0.967 bits per heavy atom. The van der Waals surface area contributed by atoms with Crippen LogP contribution in [0.15, 0.2) is 72.8 Å². The molecule has 154 valence electrons. The third-order valence-electron chi connectivity index (χ3n) is 5.51. The lowest BCUT2D eigenvalue weighted by molar-refractivity contribution is 0.0989. The predicted molar refractivity (Wildman–Crippen MR) is 120 cm³/mol. The highest BCUT2D eigenvalue weighted by atomic mass is 32.2. The van der Waals surface area contributed by atoms with Crippen LogP contribution in [0.4, 0.5) is 11.4 Å². The normalized spacial score (nSPS) is 13.2. The summed E-state index contributed by atoms with van der Waals surface area (Å²) in [7, 11) is -3.48. The number of benzene rings is 3. The molecule has 4 rings (SSSR count). The molecule has 0 unspecified atom stereocenters. The van der Waals surface area contributed by atoms with Crippen LogP contribution in [-0.2, 0) is 23.0 Å². The van der Waals surface area contributed by atoms with Gasteiger partial charge in [0.2, 0.25) is 10.0 Å². The third-order valence-corrected chi connectivity index (χ3v) is 6.65. The first-order valence-electron chi connectivity index (χ1n) is 9.86. The summed E-state index contributed by atoms with van der Waals surface area (Å²) in [6.45, 7) is 2.87. The zero-order chi connectivity index (χ0) is 21.3. The smallest absolute Gasteiger partial charge is 0.258 e. The first kappa shape index (κ1) is 20.2. The average molecular weight is 421 g/mol. The number of para-hydroxylation sites is 1. The summed E-state index contributed by atoms with van der Waals surface area (Å²) in [6.07, 6.45) is 2.05. The highest BCUT2D eigenvalue weighted by Crippen LogP contribution is 2.29. The number of hydrogen-bond donors (Lipinski definition) is 0. The van der Waals surface area contributed by atoms with Crippen molar-refractivity contribution >= 4 is 27.3 Å². The molecule has 0 N–H and O–H groups in total. The summed E-state index contributed by atoms with van der Waals surface area (Å²) in [5.41, 5.74) is 5.18. The number of aryl methyl sites for hydroxylation is 1. The summed E-state index contributed by atoms with van der Waals surface area (Å²) >= 11 is 0. The standard InChI is InChI=1S/C24H24N2O3S/c1-18-7-3-4-9-21(18)17-26(30(2,28)29)22-13-11-20(12-14-22)24(27)25-16-15-19-8-5-6-10-23(19)25/h3-14H,15-17H2,1-2H3. The van der Waals surface area contributed by atoms with Gasteiger partial charge in [-0.3, -0.25) is 9.10 Å². The van der Waals surface area contributed by atoms with Gasteiger partial charge in [0, 0.05) is 17.8 Å². The van der Waals surface area contributed by atoms with Crippen LogP contribution < -0.4 is 9.21 Å². The van der Waals surface area contributed by atoms with Crippen molar-refractivity contribution in [3.8, 4) is 0 Å². The molecule has 0 saturated carbocycles. The maximum absolute atomic E-state index is 13.0. The van der Waals surface area contributed by atoms with Crippen molar-refractivity contribution in [3.05, 3.63) is 95.1 Å². The van der Waals surface area contributed by atoms with Crippen molar-refractivity contribution in [2.75, 3.05) is 22.0 Å². The van der Waals surface area contributed by atoms with Crippen molar-refractivity contribution in [1.82, 2.24) is 0 Å². The van der Waals surface area contributed by atoms with Crippen LogP contribution in [0, 0.1) is 6.92 Å². The Morgan fingerprint density at radius 2 is 1.63 bits per heavy atom. The van der Waals surface area contributed by atoms with E-state index < -0.39 is 10.0 Å². The van der Waals surface area contributed by atoms with E-state index in [4.69, 9.17) is 0 Å². The first-order chi connectivity index (χ1) is 14.3. The molecule has 6 heteroatoms. The van der Waals surface area contributed by atoms with Crippen LogP contribution in [0.3, 0.4) is 0 Å². The lowest BCUT2D eigenvalue weighted by atomic mass is 10.1. The van der Waals surface area contributed by atoms with E-state index in [2.05, 4.69) is 0 Å². The molecule has 1 amide bonds. The Labute approximate surface area is 177 Å². The van der Waals surface area contributed by atoms with E-state index in [0.717, 1.165) is 23.2 Å². The van der Waals surface area contributed by atoms with E-state index in [9.17, 15) is 13.2 Å². The number of carbonyl (C=O) groups excluding carboxylic acids is 1. The van der Waals surface area contributed by atoms with Crippen molar-refractivity contribution in [2.45, 2.75) is 19.9 Å². The second-order valence-corrected chi connectivity index (χ2v) is 9.49. The minimum Gasteiger partial charge on any atom is -0.308 e. The van der Waals surface area contributed by atoms with Gasteiger partial charge in [0.15, 0.2) is 0 Å². The second kappa shape index (κ2) is 7.95. The topological polar surface area (TPSA) is 57.7 Å². The summed E-state index contributed by atoms with van der Waals surface area (Å²) in [5.74, 6) is -0.0729. The molecule has 0 fully saturated rings. The SMILES string of the molecule is Cc1ccccc1CN(c1ccc(C(=O)N2CCc3ccccc32)cc1)S(C)(=O)=O. The molecule has 3 aromatic carbocycles. The Kier molecular flexibility index (Phi) is 5.35. The van der Waals surface area contributed by atoms with E-state index in [-0.39, 0.29) is 12.5 Å². The number of amides is 1. The van der Waals surface area contributed by atoms with E-state index in [0.29, 0.717) is 17.8 Å². The van der Waals surface area contributed by atoms with Crippen LogP contribution in [0.1, 0.15) is 27.0 Å². The maximum atomic E-state index is 13.0. The monoisotopic (exact) mass is 420 g/mol. The number of rotatable bonds is 5. The van der Waals surface area contributed by atoms with Crippen LogP contribution in [0.25, 0.3) is 0 Å². The zero-order valence-corrected chi connectivity index (χ0v) is 17.9. The van der Waals surface area contributed by atoms with Crippen LogP contribution in [0.5, 0.6) is 0 Å². The fourth-order valence-electron chi connectivity index (χ4n) is 3.82. The largest absolute Gasteiger partial charge is 0.308 e. The van der Waals surface area contributed by atoms with Gasteiger partial charge in [-0.2, -0.15) is 0 Å². The van der Waals surface area contributed by atoms with Gasteiger partial charge in [0.05, 0.1) is 18.5 Å². The number of nitrogens with zero attached hydrogens (tertiary/aromatic N) is 2. The third kappa shape index (κ3) is 3.96. The van der Waals surface area contributed by atoms with Crippen molar-refractivity contribution in [3.63, 3.8) is 0 Å². The Morgan fingerprint density at radius 3 is 2.33 bits per heavy atom. The minimum atomic E-state index is -3.48. The molecular formula is C24H24N2O3S. The second-order valence-electron chi connectivity index (χ2n) is 7.58. The lowest BCUT2D eigenvalue weighted by Crippen LogP contribution is -2.30. The highest BCUT2D eigenvalue weighted by molar-refractivity contribution is 7.92. The highest BCUT2D eigenvalue weighted by Gasteiger charge is 2.25. The first-order valence-corrected chi connectivity index (χ1v) is 11.7. The van der Waals surface area contributed by atoms with Gasteiger partial charge in [-0.05, 0) is 60.4 Å². The van der Waals surface area contributed by atoms with E-state index in [1.807, 2.05) is 55.5 Å². The van der Waals surface area contributed by atoms with Gasteiger partial charge in [-0.25, -0.2) is 8.42 Å².